The van der Waals surface area contributed by atoms with E-state index in [1.807, 2.05) is 17.5 Å². The van der Waals surface area contributed by atoms with Crippen LogP contribution in [0.1, 0.15) is 33.4 Å². The van der Waals surface area contributed by atoms with E-state index < -0.39 is 12.1 Å². The van der Waals surface area contributed by atoms with Gasteiger partial charge in [-0.1, -0.05) is 12.1 Å². The molecule has 0 saturated carbocycles. The van der Waals surface area contributed by atoms with E-state index >= 15 is 0 Å². The molecule has 2 aromatic heterocycles. The van der Waals surface area contributed by atoms with Gasteiger partial charge in [0.25, 0.3) is 5.91 Å². The van der Waals surface area contributed by atoms with Gasteiger partial charge in [0.05, 0.1) is 16.8 Å². The molecule has 0 fully saturated rings. The molecule has 150 valence electrons. The molecule has 0 bridgehead atoms. The van der Waals surface area contributed by atoms with E-state index in [1.165, 1.54) is 22.2 Å². The monoisotopic (exact) mass is 444 g/mol. The van der Waals surface area contributed by atoms with Crippen LogP contribution in [0, 0.1) is 0 Å². The number of hydrogen-bond donors (Lipinski definition) is 0. The van der Waals surface area contributed by atoms with Crippen molar-refractivity contribution in [1.29, 1.82) is 0 Å². The average Bonchev–Trinajstić information content (AvgIpc) is 3.43. The molecule has 29 heavy (non-hydrogen) atoms. The van der Waals surface area contributed by atoms with Gasteiger partial charge in [-0.3, -0.25) is 4.79 Å². The smallest absolute Gasteiger partial charge is 0.340 e. The Morgan fingerprint density at radius 2 is 2.17 bits per heavy atom. The minimum absolute atomic E-state index is 0.150. The molecule has 3 aromatic rings. The SMILES string of the molecule is CC(OC(=O)c1ccccc1SCc1cscn1)C(=O)N1CCc2sccc2C1. The number of thioether (sulfide) groups is 1. The molecule has 0 spiro atoms. The molecular formula is C21H20N2O3S3. The van der Waals surface area contributed by atoms with Crippen LogP contribution in [0.3, 0.4) is 0 Å². The molecule has 5 nitrogen and oxygen atoms in total. The van der Waals surface area contributed by atoms with E-state index in [-0.39, 0.29) is 5.91 Å². The second kappa shape index (κ2) is 9.11. The van der Waals surface area contributed by atoms with Gasteiger partial charge >= 0.3 is 5.97 Å². The van der Waals surface area contributed by atoms with Crippen molar-refractivity contribution in [1.82, 2.24) is 9.88 Å². The molecule has 8 heteroatoms. The summed E-state index contributed by atoms with van der Waals surface area (Å²) in [5.74, 6) is 0.0576. The zero-order valence-corrected chi connectivity index (χ0v) is 18.3. The maximum absolute atomic E-state index is 12.8. The first-order valence-electron chi connectivity index (χ1n) is 9.25. The van der Waals surface area contributed by atoms with Gasteiger partial charge in [0, 0.05) is 34.0 Å². The summed E-state index contributed by atoms with van der Waals surface area (Å²) in [6.07, 6.45) is 0.0365. The molecule has 1 unspecified atom stereocenters. The van der Waals surface area contributed by atoms with Gasteiger partial charge in [0.15, 0.2) is 6.10 Å². The van der Waals surface area contributed by atoms with Crippen molar-refractivity contribution < 1.29 is 14.3 Å². The van der Waals surface area contributed by atoms with Gasteiger partial charge in [0.1, 0.15) is 0 Å². The number of fused-ring (bicyclic) bond motifs is 1. The first-order valence-corrected chi connectivity index (χ1v) is 12.1. The van der Waals surface area contributed by atoms with Gasteiger partial charge < -0.3 is 9.64 Å². The number of thiazole rings is 1. The Bertz CT molecular complexity index is 1000. The minimum atomic E-state index is -0.820. The molecular weight excluding hydrogens is 424 g/mol. The molecule has 0 N–H and O–H groups in total. The Balaban J connectivity index is 1.39. The zero-order valence-electron chi connectivity index (χ0n) is 15.9. The van der Waals surface area contributed by atoms with Crippen molar-refractivity contribution in [2.75, 3.05) is 6.54 Å². The van der Waals surface area contributed by atoms with Gasteiger partial charge in [-0.25, -0.2) is 9.78 Å². The summed E-state index contributed by atoms with van der Waals surface area (Å²) in [5, 5.41) is 4.05. The van der Waals surface area contributed by atoms with Crippen LogP contribution >= 0.6 is 34.4 Å². The first-order chi connectivity index (χ1) is 14.1. The fourth-order valence-electron chi connectivity index (χ4n) is 3.19. The largest absolute Gasteiger partial charge is 0.449 e. The highest BCUT2D eigenvalue weighted by Gasteiger charge is 2.28. The Hall–Kier alpha value is -2.16. The van der Waals surface area contributed by atoms with Crippen LogP contribution in [0.2, 0.25) is 0 Å². The zero-order chi connectivity index (χ0) is 20.2. The lowest BCUT2D eigenvalue weighted by atomic mass is 10.1. The fourth-order valence-corrected chi connectivity index (χ4v) is 5.69. The lowest BCUT2D eigenvalue weighted by Gasteiger charge is -2.29. The Morgan fingerprint density at radius 1 is 1.31 bits per heavy atom. The molecule has 1 aromatic carbocycles. The number of esters is 1. The van der Waals surface area contributed by atoms with Crippen molar-refractivity contribution in [2.24, 2.45) is 0 Å². The molecule has 0 aliphatic carbocycles. The van der Waals surface area contributed by atoms with Crippen LogP contribution in [0.15, 0.2) is 51.5 Å². The molecule has 4 rings (SSSR count). The van der Waals surface area contributed by atoms with E-state index in [2.05, 4.69) is 16.4 Å². The second-order valence-electron chi connectivity index (χ2n) is 6.69. The summed E-state index contributed by atoms with van der Waals surface area (Å²) in [4.78, 5) is 33.8. The summed E-state index contributed by atoms with van der Waals surface area (Å²) < 4.78 is 5.54. The molecule has 1 atom stereocenters. The van der Waals surface area contributed by atoms with E-state index in [0.717, 1.165) is 17.0 Å². The maximum atomic E-state index is 12.8. The number of benzene rings is 1. The molecule has 1 aliphatic rings. The van der Waals surface area contributed by atoms with Crippen molar-refractivity contribution in [3.63, 3.8) is 0 Å². The molecule has 1 amide bonds. The van der Waals surface area contributed by atoms with Crippen LogP contribution in [0.25, 0.3) is 0 Å². The average molecular weight is 445 g/mol. The molecule has 0 radical (unpaired) electrons. The van der Waals surface area contributed by atoms with Crippen LogP contribution in [-0.2, 0) is 28.2 Å². The third-order valence-electron chi connectivity index (χ3n) is 4.72. The summed E-state index contributed by atoms with van der Waals surface area (Å²) in [6.45, 7) is 2.89. The van der Waals surface area contributed by atoms with E-state index in [4.69, 9.17) is 4.74 Å². The van der Waals surface area contributed by atoms with E-state index in [9.17, 15) is 9.59 Å². The van der Waals surface area contributed by atoms with Crippen molar-refractivity contribution >= 4 is 46.3 Å². The highest BCUT2D eigenvalue weighted by atomic mass is 32.2. The summed E-state index contributed by atoms with van der Waals surface area (Å²) in [6, 6.07) is 9.38. The second-order valence-corrected chi connectivity index (χ2v) is 9.43. The number of hydrogen-bond acceptors (Lipinski definition) is 7. The van der Waals surface area contributed by atoms with E-state index in [1.54, 1.807) is 52.1 Å². The predicted octanol–water partition coefficient (Wildman–Crippen LogP) is 4.63. The Morgan fingerprint density at radius 3 is 3.00 bits per heavy atom. The summed E-state index contributed by atoms with van der Waals surface area (Å²) in [7, 11) is 0. The third-order valence-corrected chi connectivity index (χ3v) is 7.48. The topological polar surface area (TPSA) is 59.5 Å². The normalized spacial score (nSPS) is 14.3. The number of carbonyl (C=O) groups is 2. The Kier molecular flexibility index (Phi) is 6.32. The van der Waals surface area contributed by atoms with Crippen LogP contribution in [0.4, 0.5) is 0 Å². The van der Waals surface area contributed by atoms with Gasteiger partial charge in [0.2, 0.25) is 0 Å². The van der Waals surface area contributed by atoms with Gasteiger partial charge in [-0.2, -0.15) is 0 Å². The molecule has 3 heterocycles. The highest BCUT2D eigenvalue weighted by Crippen LogP contribution is 2.28. The summed E-state index contributed by atoms with van der Waals surface area (Å²) in [5.41, 5.74) is 4.44. The highest BCUT2D eigenvalue weighted by molar-refractivity contribution is 7.98. The molecule has 0 saturated heterocycles. The van der Waals surface area contributed by atoms with Gasteiger partial charge in [-0.05, 0) is 42.5 Å². The fraction of sp³-hybridized carbons (Fsp3) is 0.286. The number of rotatable bonds is 6. The number of nitrogens with zero attached hydrogens (tertiary/aromatic N) is 2. The number of amides is 1. The Labute approximate surface area is 181 Å². The summed E-state index contributed by atoms with van der Waals surface area (Å²) >= 11 is 4.82. The van der Waals surface area contributed by atoms with Crippen LogP contribution in [0.5, 0.6) is 0 Å². The number of ether oxygens (including phenoxy) is 1. The standard InChI is InChI=1S/C21H20N2O3S3/c1-14(20(24)23-8-6-18-15(10-23)7-9-28-18)26-21(25)17-4-2-3-5-19(17)29-12-16-11-27-13-22-16/h2-5,7,9,11,13-14H,6,8,10,12H2,1H3. The van der Waals surface area contributed by atoms with Crippen molar-refractivity contribution in [3.8, 4) is 0 Å². The number of thiophene rings is 1. The number of aromatic nitrogens is 1. The third kappa shape index (κ3) is 4.71. The number of carbonyl (C=O) groups excluding carboxylic acids is 2. The predicted molar refractivity (Wildman–Crippen MR) is 116 cm³/mol. The first kappa shape index (κ1) is 20.1. The quantitative estimate of drug-likeness (QED) is 0.410. The lowest BCUT2D eigenvalue weighted by Crippen LogP contribution is -2.42. The lowest BCUT2D eigenvalue weighted by molar-refractivity contribution is -0.140. The van der Waals surface area contributed by atoms with Crippen molar-refractivity contribution in [3.05, 3.63) is 68.3 Å². The van der Waals surface area contributed by atoms with E-state index in [0.29, 0.717) is 24.4 Å². The molecule has 1 aliphatic heterocycles. The van der Waals surface area contributed by atoms with Gasteiger partial charge in [-0.15, -0.1) is 34.4 Å². The van der Waals surface area contributed by atoms with Crippen molar-refractivity contribution in [2.45, 2.75) is 36.6 Å². The van der Waals surface area contributed by atoms with Crippen LogP contribution < -0.4 is 0 Å². The van der Waals surface area contributed by atoms with Crippen LogP contribution in [-0.4, -0.2) is 34.4 Å². The maximum Gasteiger partial charge on any atom is 0.340 e. The minimum Gasteiger partial charge on any atom is -0.449 e.